The van der Waals surface area contributed by atoms with E-state index in [9.17, 15) is 4.79 Å². The minimum absolute atomic E-state index is 0.0418. The molecular weight excluding hydrogens is 428 g/mol. The fourth-order valence-electron chi connectivity index (χ4n) is 4.38. The van der Waals surface area contributed by atoms with Gasteiger partial charge in [0.25, 0.3) is 5.91 Å². The van der Waals surface area contributed by atoms with Gasteiger partial charge in [0.1, 0.15) is 11.4 Å². The van der Waals surface area contributed by atoms with Crippen molar-refractivity contribution in [1.82, 2.24) is 29.8 Å². The van der Waals surface area contributed by atoms with Crippen molar-refractivity contribution in [2.75, 3.05) is 13.7 Å². The topological polar surface area (TPSA) is 96.9 Å². The van der Waals surface area contributed by atoms with Crippen molar-refractivity contribution in [3.63, 3.8) is 0 Å². The van der Waals surface area contributed by atoms with E-state index in [1.807, 2.05) is 48.2 Å². The van der Waals surface area contributed by atoms with Crippen LogP contribution in [0.25, 0.3) is 11.5 Å². The van der Waals surface area contributed by atoms with Crippen molar-refractivity contribution in [3.05, 3.63) is 89.4 Å². The minimum Gasteiger partial charge on any atom is -0.496 e. The van der Waals surface area contributed by atoms with Crippen LogP contribution in [-0.2, 0) is 6.42 Å². The summed E-state index contributed by atoms with van der Waals surface area (Å²) in [5, 5.41) is 0. The van der Waals surface area contributed by atoms with Crippen molar-refractivity contribution < 1.29 is 9.53 Å². The lowest BCUT2D eigenvalue weighted by Crippen LogP contribution is -2.31. The Hall–Kier alpha value is -4.07. The summed E-state index contributed by atoms with van der Waals surface area (Å²) >= 11 is 0. The molecule has 0 unspecified atom stereocenters. The number of aromatic amines is 1. The van der Waals surface area contributed by atoms with Gasteiger partial charge < -0.3 is 14.6 Å². The number of hydrogen-bond acceptors (Lipinski definition) is 6. The number of H-pyrrole nitrogens is 1. The van der Waals surface area contributed by atoms with Gasteiger partial charge >= 0.3 is 0 Å². The van der Waals surface area contributed by atoms with E-state index in [-0.39, 0.29) is 11.9 Å². The van der Waals surface area contributed by atoms with Crippen LogP contribution in [0, 0.1) is 6.92 Å². The van der Waals surface area contributed by atoms with Crippen molar-refractivity contribution in [2.45, 2.75) is 32.2 Å². The molecule has 8 nitrogen and oxygen atoms in total. The average molecular weight is 455 g/mol. The minimum atomic E-state index is -0.121. The van der Waals surface area contributed by atoms with Gasteiger partial charge in [-0.2, -0.15) is 0 Å². The lowest BCUT2D eigenvalue weighted by Gasteiger charge is -2.24. The highest BCUT2D eigenvalue weighted by molar-refractivity contribution is 5.94. The van der Waals surface area contributed by atoms with Gasteiger partial charge in [0.15, 0.2) is 5.82 Å². The Morgan fingerprint density at radius 1 is 1.12 bits per heavy atom. The van der Waals surface area contributed by atoms with Gasteiger partial charge in [-0.25, -0.2) is 9.97 Å². The van der Waals surface area contributed by atoms with E-state index >= 15 is 0 Å². The van der Waals surface area contributed by atoms with Crippen LogP contribution < -0.4 is 4.74 Å². The van der Waals surface area contributed by atoms with Crippen molar-refractivity contribution in [1.29, 1.82) is 0 Å². The maximum absolute atomic E-state index is 13.4. The van der Waals surface area contributed by atoms with Crippen LogP contribution in [0.1, 0.15) is 51.9 Å². The Morgan fingerprint density at radius 2 is 2.00 bits per heavy atom. The van der Waals surface area contributed by atoms with Gasteiger partial charge in [-0.05, 0) is 38.0 Å². The Labute approximate surface area is 198 Å². The lowest BCUT2D eigenvalue weighted by atomic mass is 10.1. The number of carbonyl (C=O) groups is 1. The molecule has 1 aliphatic heterocycles. The predicted octanol–water partition coefficient (Wildman–Crippen LogP) is 4.15. The summed E-state index contributed by atoms with van der Waals surface area (Å²) in [4.78, 5) is 36.5. The summed E-state index contributed by atoms with van der Waals surface area (Å²) in [5.74, 6) is 1.47. The molecule has 0 radical (unpaired) electrons. The Kier molecular flexibility index (Phi) is 6.03. The second-order valence-corrected chi connectivity index (χ2v) is 8.43. The summed E-state index contributed by atoms with van der Waals surface area (Å²) in [6, 6.07) is 11.5. The van der Waals surface area contributed by atoms with Gasteiger partial charge in [-0.1, -0.05) is 18.2 Å². The number of nitrogens with one attached hydrogen (secondary N) is 1. The number of hydrogen-bond donors (Lipinski definition) is 1. The molecule has 1 atom stereocenters. The Bertz CT molecular complexity index is 1300. The largest absolute Gasteiger partial charge is 0.496 e. The number of methoxy groups -OCH3 is 1. The van der Waals surface area contributed by atoms with E-state index in [4.69, 9.17) is 9.72 Å². The molecule has 1 N–H and O–H groups in total. The zero-order chi connectivity index (χ0) is 23.5. The Morgan fingerprint density at radius 3 is 2.76 bits per heavy atom. The van der Waals surface area contributed by atoms with E-state index in [2.05, 4.69) is 19.9 Å². The first-order valence-electron chi connectivity index (χ1n) is 11.3. The third kappa shape index (κ3) is 4.39. The molecular formula is C26H26N6O2. The fourth-order valence-corrected chi connectivity index (χ4v) is 4.38. The highest BCUT2D eigenvalue weighted by Gasteiger charge is 2.32. The second-order valence-electron chi connectivity index (χ2n) is 8.43. The maximum Gasteiger partial charge on any atom is 0.255 e. The molecule has 3 aromatic heterocycles. The number of benzene rings is 1. The van der Waals surface area contributed by atoms with Crippen molar-refractivity contribution >= 4 is 5.91 Å². The molecule has 0 saturated carbocycles. The highest BCUT2D eigenvalue weighted by Crippen LogP contribution is 2.32. The summed E-state index contributed by atoms with van der Waals surface area (Å²) in [5.41, 5.74) is 4.92. The number of ether oxygens (including phenoxy) is 1. The van der Waals surface area contributed by atoms with Gasteiger partial charge in [0.05, 0.1) is 36.8 Å². The summed E-state index contributed by atoms with van der Waals surface area (Å²) in [6.45, 7) is 2.62. The summed E-state index contributed by atoms with van der Waals surface area (Å²) in [6.07, 6.45) is 9.26. The standard InChI is InChI=1S/C26H26N6O2/c1-17-13-29-25(30-17)22-16-27-15-21(31-22)23-7-5-11-32(23)26(33)19-9-10-20(28-14-19)12-18-6-3-4-8-24(18)34-2/h3-4,6,8-10,13-16,23H,5,7,11-12H2,1-2H3,(H,29,30)/t23-/m1/s1. The van der Waals surface area contributed by atoms with Crippen LogP contribution in [0.4, 0.5) is 0 Å². The normalized spacial score (nSPS) is 15.5. The number of rotatable bonds is 6. The van der Waals surface area contributed by atoms with Crippen LogP contribution in [-0.4, -0.2) is 49.4 Å². The highest BCUT2D eigenvalue weighted by atomic mass is 16.5. The number of imidazole rings is 1. The summed E-state index contributed by atoms with van der Waals surface area (Å²) in [7, 11) is 1.66. The molecule has 4 aromatic rings. The quantitative estimate of drug-likeness (QED) is 0.470. The first kappa shape index (κ1) is 21.8. The number of aromatic nitrogens is 5. The zero-order valence-corrected chi connectivity index (χ0v) is 19.2. The number of amides is 1. The third-order valence-electron chi connectivity index (χ3n) is 6.09. The number of aryl methyl sites for hydroxylation is 1. The van der Waals surface area contributed by atoms with Gasteiger partial charge in [-0.15, -0.1) is 0 Å². The molecule has 172 valence electrons. The van der Waals surface area contributed by atoms with Crippen LogP contribution in [0.5, 0.6) is 5.75 Å². The van der Waals surface area contributed by atoms with E-state index < -0.39 is 0 Å². The molecule has 0 spiro atoms. The number of carbonyl (C=O) groups excluding carboxylic acids is 1. The predicted molar refractivity (Wildman–Crippen MR) is 127 cm³/mol. The molecule has 1 amide bonds. The smallest absolute Gasteiger partial charge is 0.255 e. The lowest BCUT2D eigenvalue weighted by molar-refractivity contribution is 0.0732. The molecule has 34 heavy (non-hydrogen) atoms. The number of nitrogens with zero attached hydrogens (tertiary/aromatic N) is 5. The van der Waals surface area contributed by atoms with Gasteiger partial charge in [0, 0.05) is 42.3 Å². The molecule has 4 heterocycles. The maximum atomic E-state index is 13.4. The van der Waals surface area contributed by atoms with Gasteiger partial charge in [-0.3, -0.25) is 14.8 Å². The first-order valence-corrected chi connectivity index (χ1v) is 11.3. The SMILES string of the molecule is COc1ccccc1Cc1ccc(C(=O)N2CCC[C@@H]2c2cncc(-c3ncc(C)[nH]3)n2)cn1. The molecule has 1 fully saturated rings. The number of para-hydroxylation sites is 1. The average Bonchev–Trinajstić information content (AvgIpc) is 3.54. The fraction of sp³-hybridized carbons (Fsp3) is 0.269. The van der Waals surface area contributed by atoms with E-state index in [1.54, 1.807) is 31.9 Å². The van der Waals surface area contributed by atoms with Crippen LogP contribution in [0.15, 0.2) is 61.2 Å². The summed E-state index contributed by atoms with van der Waals surface area (Å²) < 4.78 is 5.43. The molecule has 1 aliphatic rings. The molecule has 0 bridgehead atoms. The molecule has 1 saturated heterocycles. The molecule has 5 rings (SSSR count). The van der Waals surface area contributed by atoms with Crippen molar-refractivity contribution in [2.24, 2.45) is 0 Å². The Balaban J connectivity index is 1.33. The van der Waals surface area contributed by atoms with Gasteiger partial charge in [0.2, 0.25) is 0 Å². The number of pyridine rings is 1. The van der Waals surface area contributed by atoms with E-state index in [0.717, 1.165) is 41.2 Å². The molecule has 0 aliphatic carbocycles. The number of likely N-dealkylation sites (tertiary alicyclic amines) is 1. The zero-order valence-electron chi connectivity index (χ0n) is 19.2. The van der Waals surface area contributed by atoms with Crippen LogP contribution in [0.2, 0.25) is 0 Å². The van der Waals surface area contributed by atoms with Crippen LogP contribution >= 0.6 is 0 Å². The first-order chi connectivity index (χ1) is 16.6. The van der Waals surface area contributed by atoms with Crippen LogP contribution in [0.3, 0.4) is 0 Å². The van der Waals surface area contributed by atoms with E-state index in [0.29, 0.717) is 30.0 Å². The molecule has 1 aromatic carbocycles. The van der Waals surface area contributed by atoms with Crippen molar-refractivity contribution in [3.8, 4) is 17.3 Å². The monoisotopic (exact) mass is 454 g/mol. The molecule has 8 heteroatoms. The van der Waals surface area contributed by atoms with E-state index in [1.165, 1.54) is 0 Å². The second kappa shape index (κ2) is 9.43. The third-order valence-corrected chi connectivity index (χ3v) is 6.09.